The monoisotopic (exact) mass is 502 g/mol. The quantitative estimate of drug-likeness (QED) is 0.228. The summed E-state index contributed by atoms with van der Waals surface area (Å²) < 4.78 is 28.3. The third-order valence-corrected chi connectivity index (χ3v) is 6.81. The van der Waals surface area contributed by atoms with E-state index in [0.29, 0.717) is 29.0 Å². The number of benzene rings is 3. The van der Waals surface area contributed by atoms with Crippen LogP contribution >= 0.6 is 0 Å². The minimum absolute atomic E-state index is 0.00912. The number of hydrogen-bond donors (Lipinski definition) is 0. The van der Waals surface area contributed by atoms with Crippen LogP contribution in [0.15, 0.2) is 66.7 Å². The van der Waals surface area contributed by atoms with Gasteiger partial charge in [0, 0.05) is 0 Å². The van der Waals surface area contributed by atoms with Crippen molar-refractivity contribution in [1.29, 1.82) is 0 Å². The van der Waals surface area contributed by atoms with Crippen molar-refractivity contribution in [2.24, 2.45) is 0 Å². The molecule has 0 N–H and O–H groups in total. The van der Waals surface area contributed by atoms with E-state index in [0.717, 1.165) is 16.9 Å². The van der Waals surface area contributed by atoms with Crippen molar-refractivity contribution in [3.8, 4) is 17.2 Å². The first-order valence-corrected chi connectivity index (χ1v) is 12.0. The molecule has 0 saturated carbocycles. The summed E-state index contributed by atoms with van der Waals surface area (Å²) >= 11 is 0.122. The molecule has 7 heteroatoms. The summed E-state index contributed by atoms with van der Waals surface area (Å²) in [6.45, 7) is 0.379. The van der Waals surface area contributed by atoms with Crippen molar-refractivity contribution in [2.45, 2.75) is 11.9 Å². The first-order valence-electron chi connectivity index (χ1n) is 9.95. The molecular weight excluding hydrogens is 475 g/mol. The van der Waals surface area contributed by atoms with E-state index in [-0.39, 0.29) is 21.7 Å². The summed E-state index contributed by atoms with van der Waals surface area (Å²) in [6.07, 6.45) is 0. The Hall–Kier alpha value is -2.99. The van der Waals surface area contributed by atoms with Gasteiger partial charge in [0.1, 0.15) is 0 Å². The van der Waals surface area contributed by atoms with E-state index < -0.39 is 5.97 Å². The van der Waals surface area contributed by atoms with Crippen LogP contribution in [0.1, 0.15) is 21.5 Å². The molecule has 0 spiro atoms. The molecule has 0 aliphatic carbocycles. The van der Waals surface area contributed by atoms with Gasteiger partial charge in [-0.1, -0.05) is 0 Å². The molecular formula is C25H26O6Se. The molecule has 0 amide bonds. The van der Waals surface area contributed by atoms with Crippen molar-refractivity contribution < 1.29 is 28.5 Å². The minimum atomic E-state index is -0.448. The maximum absolute atomic E-state index is 12.6. The predicted octanol–water partition coefficient (Wildman–Crippen LogP) is 3.57. The SMILES string of the molecule is COCOc1cc(OCc2ccc(OC)cc2)cc(C[Se]c2ccccc2)c1C(=O)OC. The molecule has 0 aliphatic heterocycles. The summed E-state index contributed by atoms with van der Waals surface area (Å²) in [5.41, 5.74) is 2.22. The third kappa shape index (κ3) is 6.50. The van der Waals surface area contributed by atoms with Crippen molar-refractivity contribution >= 4 is 25.4 Å². The topological polar surface area (TPSA) is 63.2 Å². The Bertz CT molecular complexity index is 1000. The molecule has 0 radical (unpaired) electrons. The Labute approximate surface area is 194 Å². The molecule has 3 aromatic rings. The average Bonchev–Trinajstić information content (AvgIpc) is 2.85. The molecule has 0 heterocycles. The molecule has 32 heavy (non-hydrogen) atoms. The van der Waals surface area contributed by atoms with Crippen molar-refractivity contribution in [2.75, 3.05) is 28.1 Å². The first kappa shape index (κ1) is 23.7. The van der Waals surface area contributed by atoms with E-state index in [9.17, 15) is 4.79 Å². The molecule has 168 valence electrons. The predicted molar refractivity (Wildman–Crippen MR) is 123 cm³/mol. The van der Waals surface area contributed by atoms with Crippen molar-refractivity contribution in [3.63, 3.8) is 0 Å². The number of methoxy groups -OCH3 is 3. The standard InChI is InChI=1S/C25H26O6Se/c1-27-17-31-23-14-21(30-15-18-9-11-20(28-2)12-10-18)13-19(24(23)25(26)29-3)16-32-22-7-5-4-6-8-22/h4-14H,15-17H2,1-3H3. The second-order valence-electron chi connectivity index (χ2n) is 6.74. The van der Waals surface area contributed by atoms with Crippen LogP contribution in [0.5, 0.6) is 17.2 Å². The fourth-order valence-electron chi connectivity index (χ4n) is 2.98. The summed E-state index contributed by atoms with van der Waals surface area (Å²) in [4.78, 5) is 12.6. The van der Waals surface area contributed by atoms with Gasteiger partial charge < -0.3 is 0 Å². The van der Waals surface area contributed by atoms with Gasteiger partial charge in [-0.2, -0.15) is 0 Å². The van der Waals surface area contributed by atoms with Gasteiger partial charge in [0.15, 0.2) is 0 Å². The third-order valence-electron chi connectivity index (χ3n) is 4.58. The van der Waals surface area contributed by atoms with E-state index in [4.69, 9.17) is 23.7 Å². The van der Waals surface area contributed by atoms with Crippen LogP contribution in [0.25, 0.3) is 0 Å². The van der Waals surface area contributed by atoms with Crippen LogP contribution < -0.4 is 18.7 Å². The van der Waals surface area contributed by atoms with Crippen molar-refractivity contribution in [1.82, 2.24) is 0 Å². The van der Waals surface area contributed by atoms with E-state index in [1.807, 2.05) is 48.5 Å². The Kier molecular flexibility index (Phi) is 8.99. The van der Waals surface area contributed by atoms with Gasteiger partial charge in [0.05, 0.1) is 0 Å². The molecule has 3 rings (SSSR count). The van der Waals surface area contributed by atoms with Gasteiger partial charge in [0.25, 0.3) is 0 Å². The van der Waals surface area contributed by atoms with Gasteiger partial charge in [-0.3, -0.25) is 0 Å². The fourth-order valence-corrected chi connectivity index (χ4v) is 4.87. The van der Waals surface area contributed by atoms with Crippen molar-refractivity contribution in [3.05, 3.63) is 83.4 Å². The van der Waals surface area contributed by atoms with E-state index in [2.05, 4.69) is 12.1 Å². The normalized spacial score (nSPS) is 10.5. The molecule has 0 atom stereocenters. The molecule has 0 fully saturated rings. The van der Waals surface area contributed by atoms with Crippen LogP contribution in [0.3, 0.4) is 0 Å². The molecule has 0 unspecified atom stereocenters. The zero-order valence-electron chi connectivity index (χ0n) is 18.3. The number of carbonyl (C=O) groups is 1. The zero-order valence-corrected chi connectivity index (χ0v) is 20.0. The molecule has 0 saturated heterocycles. The molecule has 6 nitrogen and oxygen atoms in total. The molecule has 0 aliphatic rings. The Balaban J connectivity index is 1.88. The van der Waals surface area contributed by atoms with Gasteiger partial charge in [-0.15, -0.1) is 0 Å². The van der Waals surface area contributed by atoms with Crippen LogP contribution in [-0.2, 0) is 21.4 Å². The summed E-state index contributed by atoms with van der Waals surface area (Å²) in [5.74, 6) is 1.33. The second kappa shape index (κ2) is 12.1. The van der Waals surface area contributed by atoms with Crippen LogP contribution in [-0.4, -0.2) is 49.0 Å². The fraction of sp³-hybridized carbons (Fsp3) is 0.240. The van der Waals surface area contributed by atoms with E-state index in [1.165, 1.54) is 18.7 Å². The number of carbonyl (C=O) groups excluding carboxylic acids is 1. The summed E-state index contributed by atoms with van der Waals surface area (Å²) in [5, 5.41) is 0.685. The van der Waals surface area contributed by atoms with Gasteiger partial charge in [0.2, 0.25) is 0 Å². The number of rotatable bonds is 11. The summed E-state index contributed by atoms with van der Waals surface area (Å²) in [7, 11) is 4.53. The first-order chi connectivity index (χ1) is 15.6. The zero-order chi connectivity index (χ0) is 22.8. The summed E-state index contributed by atoms with van der Waals surface area (Å²) in [6, 6.07) is 21.5. The Morgan fingerprint density at radius 3 is 2.28 bits per heavy atom. The van der Waals surface area contributed by atoms with Gasteiger partial charge >= 0.3 is 195 Å². The van der Waals surface area contributed by atoms with Crippen LogP contribution in [0.2, 0.25) is 0 Å². The Morgan fingerprint density at radius 2 is 1.62 bits per heavy atom. The van der Waals surface area contributed by atoms with Crippen LogP contribution in [0.4, 0.5) is 0 Å². The second-order valence-corrected chi connectivity index (χ2v) is 8.94. The molecule has 3 aromatic carbocycles. The van der Waals surface area contributed by atoms with Gasteiger partial charge in [-0.25, -0.2) is 0 Å². The average molecular weight is 501 g/mol. The van der Waals surface area contributed by atoms with Crippen LogP contribution in [0, 0.1) is 0 Å². The maximum atomic E-state index is 12.6. The van der Waals surface area contributed by atoms with E-state index >= 15 is 0 Å². The Morgan fingerprint density at radius 1 is 0.875 bits per heavy atom. The number of ether oxygens (including phenoxy) is 5. The number of esters is 1. The van der Waals surface area contributed by atoms with Gasteiger partial charge in [-0.05, 0) is 0 Å². The molecule has 0 bridgehead atoms. The number of hydrogen-bond acceptors (Lipinski definition) is 6. The molecule has 0 aromatic heterocycles. The van der Waals surface area contributed by atoms with E-state index in [1.54, 1.807) is 13.2 Å².